The second kappa shape index (κ2) is 5.40. The van der Waals surface area contributed by atoms with Crippen LogP contribution in [0.5, 0.6) is 0 Å². The standard InChI is InChI=1S/C13H13F4NO2/c14-11-2-1-8(3-10(11)13(15,16)17)5-18-6-9(7-18)4-12(19)20/h1-3,9H,4-7H2,(H,19,20). The fourth-order valence-electron chi connectivity index (χ4n) is 2.33. The van der Waals surface area contributed by atoms with E-state index < -0.39 is 23.5 Å². The Bertz CT molecular complexity index is 510. The molecule has 20 heavy (non-hydrogen) atoms. The Morgan fingerprint density at radius 3 is 2.55 bits per heavy atom. The van der Waals surface area contributed by atoms with Crippen molar-refractivity contribution in [3.8, 4) is 0 Å². The molecule has 3 nitrogen and oxygen atoms in total. The molecule has 0 aliphatic carbocycles. The number of rotatable bonds is 4. The van der Waals surface area contributed by atoms with E-state index in [1.807, 2.05) is 4.90 Å². The summed E-state index contributed by atoms with van der Waals surface area (Å²) < 4.78 is 50.8. The molecule has 0 bridgehead atoms. The summed E-state index contributed by atoms with van der Waals surface area (Å²) in [4.78, 5) is 12.3. The van der Waals surface area contributed by atoms with Gasteiger partial charge in [0.15, 0.2) is 0 Å². The van der Waals surface area contributed by atoms with Gasteiger partial charge in [0.2, 0.25) is 0 Å². The quantitative estimate of drug-likeness (QED) is 0.867. The minimum atomic E-state index is -4.71. The Labute approximate surface area is 112 Å². The van der Waals surface area contributed by atoms with Crippen molar-refractivity contribution in [1.29, 1.82) is 0 Å². The first-order chi connectivity index (χ1) is 9.25. The summed E-state index contributed by atoms with van der Waals surface area (Å²) in [5, 5.41) is 8.60. The van der Waals surface area contributed by atoms with E-state index in [0.29, 0.717) is 18.7 Å². The summed E-state index contributed by atoms with van der Waals surface area (Å²) >= 11 is 0. The minimum absolute atomic E-state index is 0.0371. The van der Waals surface area contributed by atoms with Gasteiger partial charge in [-0.25, -0.2) is 4.39 Å². The highest BCUT2D eigenvalue weighted by molar-refractivity contribution is 5.67. The van der Waals surface area contributed by atoms with Crippen LogP contribution in [0.25, 0.3) is 0 Å². The van der Waals surface area contributed by atoms with Crippen molar-refractivity contribution in [3.05, 3.63) is 35.1 Å². The monoisotopic (exact) mass is 291 g/mol. The highest BCUT2D eigenvalue weighted by atomic mass is 19.4. The van der Waals surface area contributed by atoms with E-state index in [4.69, 9.17) is 5.11 Å². The number of alkyl halides is 3. The summed E-state index contributed by atoms with van der Waals surface area (Å²) in [5.41, 5.74) is -0.898. The second-order valence-corrected chi connectivity index (χ2v) is 4.97. The number of hydrogen-bond donors (Lipinski definition) is 1. The molecule has 1 aliphatic heterocycles. The molecule has 0 radical (unpaired) electrons. The van der Waals surface area contributed by atoms with Crippen LogP contribution in [0.4, 0.5) is 17.6 Å². The summed E-state index contributed by atoms with van der Waals surface area (Å²) in [6.45, 7) is 1.33. The van der Waals surface area contributed by atoms with E-state index >= 15 is 0 Å². The predicted octanol–water partition coefficient (Wildman–Crippen LogP) is 2.75. The third-order valence-corrected chi connectivity index (χ3v) is 3.24. The van der Waals surface area contributed by atoms with Gasteiger partial charge in [0.1, 0.15) is 5.82 Å². The van der Waals surface area contributed by atoms with Crippen molar-refractivity contribution >= 4 is 5.97 Å². The van der Waals surface area contributed by atoms with Crippen LogP contribution in [0.2, 0.25) is 0 Å². The molecule has 0 saturated carbocycles. The number of hydrogen-bond acceptors (Lipinski definition) is 2. The number of halogens is 4. The van der Waals surface area contributed by atoms with Crippen LogP contribution in [0.15, 0.2) is 18.2 Å². The molecule has 110 valence electrons. The lowest BCUT2D eigenvalue weighted by Crippen LogP contribution is -2.46. The Morgan fingerprint density at radius 1 is 1.35 bits per heavy atom. The van der Waals surface area contributed by atoms with Crippen molar-refractivity contribution in [2.24, 2.45) is 5.92 Å². The molecule has 1 aromatic rings. The zero-order valence-corrected chi connectivity index (χ0v) is 10.5. The van der Waals surface area contributed by atoms with E-state index in [9.17, 15) is 22.4 Å². The lowest BCUT2D eigenvalue weighted by Gasteiger charge is -2.38. The molecule has 1 saturated heterocycles. The van der Waals surface area contributed by atoms with Gasteiger partial charge in [-0.2, -0.15) is 13.2 Å². The smallest absolute Gasteiger partial charge is 0.419 e. The van der Waals surface area contributed by atoms with Crippen LogP contribution in [-0.2, 0) is 17.5 Å². The van der Waals surface area contributed by atoms with E-state index in [0.717, 1.165) is 12.1 Å². The normalized spacial score (nSPS) is 17.0. The maximum Gasteiger partial charge on any atom is 0.419 e. The fourth-order valence-corrected chi connectivity index (χ4v) is 2.33. The number of nitrogens with zero attached hydrogens (tertiary/aromatic N) is 1. The molecular weight excluding hydrogens is 278 g/mol. The van der Waals surface area contributed by atoms with Crippen molar-refractivity contribution in [3.63, 3.8) is 0 Å². The van der Waals surface area contributed by atoms with E-state index in [2.05, 4.69) is 0 Å². The van der Waals surface area contributed by atoms with Crippen molar-refractivity contribution in [1.82, 2.24) is 4.90 Å². The Kier molecular flexibility index (Phi) is 3.99. The first-order valence-electron chi connectivity index (χ1n) is 6.05. The number of likely N-dealkylation sites (tertiary alicyclic amines) is 1. The van der Waals surface area contributed by atoms with Crippen LogP contribution in [-0.4, -0.2) is 29.1 Å². The van der Waals surface area contributed by atoms with Gasteiger partial charge in [-0.1, -0.05) is 6.07 Å². The first-order valence-corrected chi connectivity index (χ1v) is 6.05. The lowest BCUT2D eigenvalue weighted by atomic mass is 9.95. The average Bonchev–Trinajstić information content (AvgIpc) is 2.26. The van der Waals surface area contributed by atoms with Gasteiger partial charge in [0, 0.05) is 19.6 Å². The molecule has 1 aromatic carbocycles. The first kappa shape index (κ1) is 14.8. The molecule has 0 aromatic heterocycles. The number of carboxylic acids is 1. The maximum atomic E-state index is 13.1. The van der Waals surface area contributed by atoms with Crippen molar-refractivity contribution in [2.75, 3.05) is 13.1 Å². The molecule has 0 amide bonds. The van der Waals surface area contributed by atoms with Gasteiger partial charge in [-0.3, -0.25) is 9.69 Å². The highest BCUT2D eigenvalue weighted by Crippen LogP contribution is 2.32. The molecule has 2 rings (SSSR count). The van der Waals surface area contributed by atoms with Crippen LogP contribution < -0.4 is 0 Å². The van der Waals surface area contributed by atoms with E-state index in [-0.39, 0.29) is 18.9 Å². The predicted molar refractivity (Wildman–Crippen MR) is 62.4 cm³/mol. The van der Waals surface area contributed by atoms with Gasteiger partial charge in [-0.05, 0) is 23.6 Å². The van der Waals surface area contributed by atoms with Gasteiger partial charge in [-0.15, -0.1) is 0 Å². The van der Waals surface area contributed by atoms with Crippen LogP contribution in [0, 0.1) is 11.7 Å². The molecule has 7 heteroatoms. The van der Waals surface area contributed by atoms with Crippen LogP contribution in [0.3, 0.4) is 0 Å². The maximum absolute atomic E-state index is 13.1. The average molecular weight is 291 g/mol. The zero-order chi connectivity index (χ0) is 14.9. The molecule has 0 spiro atoms. The van der Waals surface area contributed by atoms with Gasteiger partial charge in [0.25, 0.3) is 0 Å². The minimum Gasteiger partial charge on any atom is -0.481 e. The lowest BCUT2D eigenvalue weighted by molar-refractivity contribution is -0.141. The highest BCUT2D eigenvalue weighted by Gasteiger charge is 2.35. The van der Waals surface area contributed by atoms with E-state index in [1.165, 1.54) is 6.07 Å². The zero-order valence-electron chi connectivity index (χ0n) is 10.5. The number of aliphatic carboxylic acids is 1. The topological polar surface area (TPSA) is 40.5 Å². The Hall–Kier alpha value is -1.63. The second-order valence-electron chi connectivity index (χ2n) is 4.97. The van der Waals surface area contributed by atoms with Gasteiger partial charge in [0.05, 0.1) is 12.0 Å². The summed E-state index contributed by atoms with van der Waals surface area (Å²) in [5.74, 6) is -2.13. The fraction of sp³-hybridized carbons (Fsp3) is 0.462. The van der Waals surface area contributed by atoms with Gasteiger partial charge >= 0.3 is 12.1 Å². The van der Waals surface area contributed by atoms with Gasteiger partial charge < -0.3 is 5.11 Å². The SMILES string of the molecule is O=C(O)CC1CN(Cc2ccc(F)c(C(F)(F)F)c2)C1. The molecular formula is C13H13F4NO2. The molecule has 0 atom stereocenters. The molecule has 0 unspecified atom stereocenters. The molecule has 1 fully saturated rings. The van der Waals surface area contributed by atoms with Crippen molar-refractivity contribution < 1.29 is 27.5 Å². The van der Waals surface area contributed by atoms with E-state index in [1.54, 1.807) is 0 Å². The summed E-state index contributed by atoms with van der Waals surface area (Å²) in [7, 11) is 0. The summed E-state index contributed by atoms with van der Waals surface area (Å²) in [6, 6.07) is 2.93. The van der Waals surface area contributed by atoms with Crippen LogP contribution in [0.1, 0.15) is 17.5 Å². The van der Waals surface area contributed by atoms with Crippen molar-refractivity contribution in [2.45, 2.75) is 19.1 Å². The molecule has 1 N–H and O–H groups in total. The number of carbonyl (C=O) groups is 1. The largest absolute Gasteiger partial charge is 0.481 e. The Morgan fingerprint density at radius 2 is 2.00 bits per heavy atom. The molecule has 1 aliphatic rings. The third kappa shape index (κ3) is 3.47. The molecule has 1 heterocycles. The van der Waals surface area contributed by atoms with Crippen LogP contribution >= 0.6 is 0 Å². The number of benzene rings is 1. The number of carboxylic acid groups (broad SMARTS) is 1. The third-order valence-electron chi connectivity index (χ3n) is 3.24. The summed E-state index contributed by atoms with van der Waals surface area (Å²) in [6.07, 6.45) is -4.64. The Balaban J connectivity index is 1.97.